The van der Waals surface area contributed by atoms with E-state index in [0.717, 1.165) is 12.8 Å². The summed E-state index contributed by atoms with van der Waals surface area (Å²) in [5.41, 5.74) is 0.674. The van der Waals surface area contributed by atoms with Gasteiger partial charge in [0.2, 0.25) is 5.91 Å². The van der Waals surface area contributed by atoms with E-state index in [9.17, 15) is 4.79 Å². The van der Waals surface area contributed by atoms with Crippen molar-refractivity contribution in [1.82, 2.24) is 5.32 Å². The molecule has 2 fully saturated rings. The van der Waals surface area contributed by atoms with Gasteiger partial charge in [0.05, 0.1) is 11.2 Å². The highest BCUT2D eigenvalue weighted by atomic mass is 16.5. The molecule has 21 heavy (non-hydrogen) atoms. The van der Waals surface area contributed by atoms with Gasteiger partial charge in [-0.05, 0) is 46.1 Å². The summed E-state index contributed by atoms with van der Waals surface area (Å²) in [6, 6.07) is 10.5. The van der Waals surface area contributed by atoms with E-state index in [0.29, 0.717) is 6.42 Å². The Morgan fingerprint density at radius 1 is 1.19 bits per heavy atom. The average Bonchev–Trinajstić information content (AvgIpc) is 2.75. The standard InChI is InChI=1S/C18H25NO2/c1-16(2)12-18(17(3,4)21-16)11-15(20)19-14(18)10-13-8-6-5-7-9-13/h5-9,14H,10-12H2,1-4H3,(H,19,20). The van der Waals surface area contributed by atoms with Crippen LogP contribution in [0.2, 0.25) is 0 Å². The molecule has 3 nitrogen and oxygen atoms in total. The molecule has 0 saturated carbocycles. The topological polar surface area (TPSA) is 38.3 Å². The fraction of sp³-hybridized carbons (Fsp3) is 0.611. The van der Waals surface area contributed by atoms with Crippen LogP contribution in [0.1, 0.15) is 46.1 Å². The summed E-state index contributed by atoms with van der Waals surface area (Å²) in [4.78, 5) is 12.1. The molecule has 1 amide bonds. The first-order valence-corrected chi connectivity index (χ1v) is 7.78. The lowest BCUT2D eigenvalue weighted by Crippen LogP contribution is -2.49. The Morgan fingerprint density at radius 2 is 1.86 bits per heavy atom. The Bertz CT molecular complexity index is 550. The highest BCUT2D eigenvalue weighted by molar-refractivity contribution is 5.80. The number of rotatable bonds is 2. The van der Waals surface area contributed by atoms with Crippen molar-refractivity contribution in [3.8, 4) is 0 Å². The molecule has 3 rings (SSSR count). The number of nitrogens with one attached hydrogen (secondary N) is 1. The summed E-state index contributed by atoms with van der Waals surface area (Å²) in [6.07, 6.45) is 2.36. The Balaban J connectivity index is 1.94. The van der Waals surface area contributed by atoms with Gasteiger partial charge in [-0.3, -0.25) is 4.79 Å². The SMILES string of the molecule is CC1(C)CC2(CC(=O)NC2Cc2ccccc2)C(C)(C)O1. The third kappa shape index (κ3) is 2.38. The predicted octanol–water partition coefficient (Wildman–Crippen LogP) is 3.08. The Morgan fingerprint density at radius 3 is 2.43 bits per heavy atom. The quantitative estimate of drug-likeness (QED) is 0.908. The number of carbonyl (C=O) groups is 1. The van der Waals surface area contributed by atoms with E-state index in [-0.39, 0.29) is 28.6 Å². The zero-order chi connectivity index (χ0) is 15.3. The largest absolute Gasteiger partial charge is 0.369 e. The minimum absolute atomic E-state index is 0.122. The predicted molar refractivity (Wildman–Crippen MR) is 83.0 cm³/mol. The third-order valence-corrected chi connectivity index (χ3v) is 5.23. The maximum atomic E-state index is 12.1. The molecule has 1 spiro atoms. The molecule has 2 heterocycles. The van der Waals surface area contributed by atoms with E-state index < -0.39 is 0 Å². The van der Waals surface area contributed by atoms with Crippen LogP contribution >= 0.6 is 0 Å². The highest BCUT2D eigenvalue weighted by Gasteiger charge is 2.63. The average molecular weight is 287 g/mol. The van der Waals surface area contributed by atoms with Gasteiger partial charge in [0, 0.05) is 17.9 Å². The first kappa shape index (κ1) is 14.6. The molecule has 0 bridgehead atoms. The number of hydrogen-bond donors (Lipinski definition) is 1. The van der Waals surface area contributed by atoms with Crippen LogP contribution in [0.5, 0.6) is 0 Å². The zero-order valence-corrected chi connectivity index (χ0v) is 13.4. The van der Waals surface area contributed by atoms with Crippen LogP contribution in [-0.2, 0) is 16.0 Å². The fourth-order valence-electron chi connectivity index (χ4n) is 4.51. The van der Waals surface area contributed by atoms with E-state index in [1.54, 1.807) is 0 Å². The van der Waals surface area contributed by atoms with Gasteiger partial charge in [0.25, 0.3) is 0 Å². The summed E-state index contributed by atoms with van der Waals surface area (Å²) in [7, 11) is 0. The molecule has 2 atom stereocenters. The second-order valence-corrected chi connectivity index (χ2v) is 7.69. The van der Waals surface area contributed by atoms with E-state index >= 15 is 0 Å². The van der Waals surface area contributed by atoms with Gasteiger partial charge < -0.3 is 10.1 Å². The molecule has 3 heteroatoms. The Labute approximate surface area is 127 Å². The second kappa shape index (κ2) is 4.57. The first-order chi connectivity index (χ1) is 9.74. The van der Waals surface area contributed by atoms with Crippen molar-refractivity contribution in [1.29, 1.82) is 0 Å². The molecule has 2 aliphatic heterocycles. The summed E-state index contributed by atoms with van der Waals surface area (Å²) in [5.74, 6) is 0.158. The van der Waals surface area contributed by atoms with Crippen LogP contribution < -0.4 is 5.32 Å². The van der Waals surface area contributed by atoms with Crippen LogP contribution in [0.25, 0.3) is 0 Å². The molecule has 0 radical (unpaired) electrons. The van der Waals surface area contributed by atoms with E-state index in [1.165, 1.54) is 5.56 Å². The lowest BCUT2D eigenvalue weighted by atomic mass is 9.65. The minimum Gasteiger partial charge on any atom is -0.369 e. The highest BCUT2D eigenvalue weighted by Crippen LogP contribution is 2.57. The molecule has 2 saturated heterocycles. The van der Waals surface area contributed by atoms with Crippen molar-refractivity contribution >= 4 is 5.91 Å². The number of carbonyl (C=O) groups excluding carboxylic acids is 1. The lowest BCUT2D eigenvalue weighted by molar-refractivity contribution is -0.121. The summed E-state index contributed by atoms with van der Waals surface area (Å²) >= 11 is 0. The van der Waals surface area contributed by atoms with Gasteiger partial charge in [-0.25, -0.2) is 0 Å². The maximum Gasteiger partial charge on any atom is 0.220 e. The van der Waals surface area contributed by atoms with Gasteiger partial charge in [-0.2, -0.15) is 0 Å². The number of ether oxygens (including phenoxy) is 1. The van der Waals surface area contributed by atoms with Gasteiger partial charge in [-0.15, -0.1) is 0 Å². The smallest absolute Gasteiger partial charge is 0.220 e. The van der Waals surface area contributed by atoms with Crippen molar-refractivity contribution in [2.45, 2.75) is 64.2 Å². The van der Waals surface area contributed by atoms with Crippen LogP contribution in [0.3, 0.4) is 0 Å². The molecule has 1 N–H and O–H groups in total. The monoisotopic (exact) mass is 287 g/mol. The zero-order valence-electron chi connectivity index (χ0n) is 13.4. The summed E-state index contributed by atoms with van der Waals surface area (Å²) in [5, 5.41) is 3.21. The van der Waals surface area contributed by atoms with E-state index in [2.05, 4.69) is 57.3 Å². The van der Waals surface area contributed by atoms with Gasteiger partial charge in [0.15, 0.2) is 0 Å². The molecule has 0 aliphatic carbocycles. The Hall–Kier alpha value is -1.35. The summed E-state index contributed by atoms with van der Waals surface area (Å²) < 4.78 is 6.30. The lowest BCUT2D eigenvalue weighted by Gasteiger charge is -2.40. The van der Waals surface area contributed by atoms with Crippen molar-refractivity contribution in [3.05, 3.63) is 35.9 Å². The van der Waals surface area contributed by atoms with E-state index in [4.69, 9.17) is 4.74 Å². The molecule has 2 unspecified atom stereocenters. The second-order valence-electron chi connectivity index (χ2n) is 7.69. The number of benzene rings is 1. The van der Waals surface area contributed by atoms with Crippen LogP contribution in [0, 0.1) is 5.41 Å². The van der Waals surface area contributed by atoms with Crippen molar-refractivity contribution in [2.24, 2.45) is 5.41 Å². The maximum absolute atomic E-state index is 12.1. The van der Waals surface area contributed by atoms with Gasteiger partial charge in [-0.1, -0.05) is 30.3 Å². The van der Waals surface area contributed by atoms with Crippen molar-refractivity contribution in [2.75, 3.05) is 0 Å². The van der Waals surface area contributed by atoms with E-state index in [1.807, 2.05) is 6.07 Å². The normalized spacial score (nSPS) is 33.3. The molecule has 2 aliphatic rings. The molecule has 1 aromatic rings. The minimum atomic E-state index is -0.297. The molecular weight excluding hydrogens is 262 g/mol. The number of amides is 1. The van der Waals surface area contributed by atoms with Crippen LogP contribution in [0.4, 0.5) is 0 Å². The molecule has 114 valence electrons. The van der Waals surface area contributed by atoms with Crippen molar-refractivity contribution < 1.29 is 9.53 Å². The van der Waals surface area contributed by atoms with Gasteiger partial charge in [0.1, 0.15) is 0 Å². The molecule has 0 aromatic heterocycles. The Kier molecular flexibility index (Phi) is 3.17. The molecule has 1 aromatic carbocycles. The first-order valence-electron chi connectivity index (χ1n) is 7.78. The third-order valence-electron chi connectivity index (χ3n) is 5.23. The number of hydrogen-bond acceptors (Lipinski definition) is 2. The molecular formula is C18H25NO2. The van der Waals surface area contributed by atoms with Gasteiger partial charge >= 0.3 is 0 Å². The van der Waals surface area contributed by atoms with Crippen LogP contribution in [-0.4, -0.2) is 23.2 Å². The van der Waals surface area contributed by atoms with Crippen molar-refractivity contribution in [3.63, 3.8) is 0 Å². The fourth-order valence-corrected chi connectivity index (χ4v) is 4.51. The summed E-state index contributed by atoms with van der Waals surface area (Å²) in [6.45, 7) is 8.54. The van der Waals surface area contributed by atoms with Crippen LogP contribution in [0.15, 0.2) is 30.3 Å².